The number of rotatable bonds is 9. The lowest BCUT2D eigenvalue weighted by atomic mass is 10.1. The molecule has 0 aliphatic carbocycles. The van der Waals surface area contributed by atoms with E-state index in [1.54, 1.807) is 24.3 Å². The van der Waals surface area contributed by atoms with Crippen LogP contribution in [0.4, 0.5) is 0 Å². The Hall–Kier alpha value is -1.43. The van der Waals surface area contributed by atoms with Gasteiger partial charge in [0.05, 0.1) is 17.3 Å². The van der Waals surface area contributed by atoms with Crippen molar-refractivity contribution in [3.8, 4) is 0 Å². The van der Waals surface area contributed by atoms with Crippen molar-refractivity contribution in [3.05, 3.63) is 53.6 Å². The maximum atomic E-state index is 12.3. The van der Waals surface area contributed by atoms with Crippen LogP contribution in [0, 0.1) is 0 Å². The fraction of sp³-hybridized carbons (Fsp3) is 0.524. The molecule has 144 valence electrons. The molecule has 1 aromatic rings. The number of ether oxygens (including phenoxy) is 2. The van der Waals surface area contributed by atoms with E-state index in [1.807, 2.05) is 19.1 Å². The number of hydrogen-bond acceptors (Lipinski definition) is 4. The first-order chi connectivity index (χ1) is 12.5. The van der Waals surface area contributed by atoms with E-state index in [2.05, 4.69) is 13.0 Å². The molecule has 0 spiro atoms. The van der Waals surface area contributed by atoms with Crippen LogP contribution in [-0.2, 0) is 19.3 Å². The molecule has 0 saturated carbocycles. The number of allylic oxidation sites excluding steroid dienone is 2. The largest absolute Gasteiger partial charge is 0.353 e. The molecule has 1 saturated heterocycles. The van der Waals surface area contributed by atoms with E-state index in [0.29, 0.717) is 11.5 Å². The van der Waals surface area contributed by atoms with Crippen LogP contribution in [0.3, 0.4) is 0 Å². The molecule has 1 heterocycles. The molecule has 5 heteroatoms. The molecule has 0 N–H and O–H groups in total. The first-order valence-electron chi connectivity index (χ1n) is 9.29. The SMILES string of the molecule is C/C(=C\CS(=O)(=O)c1ccccc1)CC/C=C(\C)COC1CCCCO1. The van der Waals surface area contributed by atoms with Crippen LogP contribution in [0.1, 0.15) is 46.0 Å². The smallest absolute Gasteiger partial charge is 0.181 e. The Labute approximate surface area is 157 Å². The van der Waals surface area contributed by atoms with Crippen LogP contribution in [0.15, 0.2) is 58.5 Å². The zero-order valence-electron chi connectivity index (χ0n) is 15.8. The number of benzene rings is 1. The molecule has 1 fully saturated rings. The molecule has 4 nitrogen and oxygen atoms in total. The van der Waals surface area contributed by atoms with E-state index in [9.17, 15) is 8.42 Å². The van der Waals surface area contributed by atoms with Crippen LogP contribution < -0.4 is 0 Å². The highest BCUT2D eigenvalue weighted by molar-refractivity contribution is 7.91. The van der Waals surface area contributed by atoms with Crippen molar-refractivity contribution >= 4 is 9.84 Å². The Bertz CT molecular complexity index is 699. The second-order valence-corrected chi connectivity index (χ2v) is 8.88. The molecule has 1 aromatic carbocycles. The first-order valence-corrected chi connectivity index (χ1v) is 10.9. The number of hydrogen-bond donors (Lipinski definition) is 0. The Morgan fingerprint density at radius 1 is 1.15 bits per heavy atom. The molecular formula is C21H30O4S. The Morgan fingerprint density at radius 3 is 2.62 bits per heavy atom. The molecule has 0 aromatic heterocycles. The summed E-state index contributed by atoms with van der Waals surface area (Å²) in [5, 5.41) is 0. The van der Waals surface area contributed by atoms with E-state index in [0.717, 1.165) is 37.9 Å². The van der Waals surface area contributed by atoms with Crippen molar-refractivity contribution in [1.82, 2.24) is 0 Å². The minimum Gasteiger partial charge on any atom is -0.353 e. The van der Waals surface area contributed by atoms with Gasteiger partial charge < -0.3 is 9.47 Å². The van der Waals surface area contributed by atoms with Gasteiger partial charge >= 0.3 is 0 Å². The van der Waals surface area contributed by atoms with Crippen molar-refractivity contribution in [2.24, 2.45) is 0 Å². The molecule has 0 radical (unpaired) electrons. The van der Waals surface area contributed by atoms with Gasteiger partial charge in [-0.1, -0.05) is 41.5 Å². The van der Waals surface area contributed by atoms with Gasteiger partial charge in [-0.2, -0.15) is 0 Å². The third-order valence-corrected chi connectivity index (χ3v) is 6.02. The van der Waals surface area contributed by atoms with Gasteiger partial charge in [-0.3, -0.25) is 0 Å². The summed E-state index contributed by atoms with van der Waals surface area (Å²) in [7, 11) is -3.24. The second-order valence-electron chi connectivity index (χ2n) is 6.84. The van der Waals surface area contributed by atoms with E-state index >= 15 is 0 Å². The molecule has 1 atom stereocenters. The summed E-state index contributed by atoms with van der Waals surface area (Å²) < 4.78 is 35.9. The minimum atomic E-state index is -3.24. The summed E-state index contributed by atoms with van der Waals surface area (Å²) >= 11 is 0. The Balaban J connectivity index is 1.73. The van der Waals surface area contributed by atoms with Gasteiger partial charge in [-0.25, -0.2) is 8.42 Å². The minimum absolute atomic E-state index is 0.0493. The molecule has 1 aliphatic heterocycles. The molecule has 26 heavy (non-hydrogen) atoms. The van der Waals surface area contributed by atoms with Crippen molar-refractivity contribution in [2.45, 2.75) is 57.1 Å². The standard InChI is InChI=1S/C21H30O4S/c1-18(14-16-26(22,23)20-11-4-3-5-12-20)9-8-10-19(2)17-25-21-13-6-7-15-24-21/h3-5,10-12,14,21H,6-9,13,15-17H2,1-2H3/b18-14+,19-10+. The molecular weight excluding hydrogens is 348 g/mol. The van der Waals surface area contributed by atoms with Crippen LogP contribution in [0.2, 0.25) is 0 Å². The highest BCUT2D eigenvalue weighted by Crippen LogP contribution is 2.16. The maximum absolute atomic E-state index is 12.3. The van der Waals surface area contributed by atoms with E-state index in [-0.39, 0.29) is 12.0 Å². The summed E-state index contributed by atoms with van der Waals surface area (Å²) in [6.45, 7) is 5.43. The monoisotopic (exact) mass is 378 g/mol. The van der Waals surface area contributed by atoms with Crippen LogP contribution in [0.25, 0.3) is 0 Å². The Kier molecular flexibility index (Phi) is 8.55. The molecule has 1 unspecified atom stereocenters. The van der Waals surface area contributed by atoms with Crippen molar-refractivity contribution < 1.29 is 17.9 Å². The fourth-order valence-corrected chi connectivity index (χ4v) is 4.02. The molecule has 1 aliphatic rings. The fourth-order valence-electron chi connectivity index (χ4n) is 2.75. The van der Waals surface area contributed by atoms with E-state index < -0.39 is 9.84 Å². The predicted molar refractivity (Wildman–Crippen MR) is 105 cm³/mol. The van der Waals surface area contributed by atoms with Gasteiger partial charge in [0.2, 0.25) is 0 Å². The lowest BCUT2D eigenvalue weighted by Gasteiger charge is -2.22. The van der Waals surface area contributed by atoms with E-state index in [1.165, 1.54) is 12.0 Å². The number of sulfone groups is 1. The topological polar surface area (TPSA) is 52.6 Å². The highest BCUT2D eigenvalue weighted by Gasteiger charge is 2.14. The van der Waals surface area contributed by atoms with Crippen molar-refractivity contribution in [1.29, 1.82) is 0 Å². The maximum Gasteiger partial charge on any atom is 0.181 e. The lowest BCUT2D eigenvalue weighted by molar-refractivity contribution is -0.156. The predicted octanol–water partition coefficient (Wildman–Crippen LogP) is 4.68. The normalized spacial score (nSPS) is 19.5. The van der Waals surface area contributed by atoms with Gasteiger partial charge in [0.25, 0.3) is 0 Å². The van der Waals surface area contributed by atoms with E-state index in [4.69, 9.17) is 9.47 Å². The third-order valence-electron chi connectivity index (χ3n) is 4.42. The van der Waals surface area contributed by atoms with Crippen molar-refractivity contribution in [3.63, 3.8) is 0 Å². The van der Waals surface area contributed by atoms with Crippen LogP contribution in [-0.4, -0.2) is 33.7 Å². The zero-order chi connectivity index (χ0) is 18.8. The van der Waals surface area contributed by atoms with Crippen LogP contribution >= 0.6 is 0 Å². The lowest BCUT2D eigenvalue weighted by Crippen LogP contribution is -2.22. The summed E-state index contributed by atoms with van der Waals surface area (Å²) in [6.07, 6.45) is 8.92. The average molecular weight is 379 g/mol. The summed E-state index contributed by atoms with van der Waals surface area (Å²) in [4.78, 5) is 0.377. The first kappa shape index (κ1) is 20.9. The summed E-state index contributed by atoms with van der Waals surface area (Å²) in [5.74, 6) is 0.0493. The molecule has 0 amide bonds. The summed E-state index contributed by atoms with van der Waals surface area (Å²) in [6, 6.07) is 8.59. The average Bonchev–Trinajstić information content (AvgIpc) is 2.66. The van der Waals surface area contributed by atoms with Crippen molar-refractivity contribution in [2.75, 3.05) is 19.0 Å². The zero-order valence-corrected chi connectivity index (χ0v) is 16.6. The summed E-state index contributed by atoms with van der Waals surface area (Å²) in [5.41, 5.74) is 2.27. The third kappa shape index (κ3) is 7.44. The van der Waals surface area contributed by atoms with Gasteiger partial charge in [0.15, 0.2) is 16.1 Å². The second kappa shape index (κ2) is 10.7. The highest BCUT2D eigenvalue weighted by atomic mass is 32.2. The van der Waals surface area contributed by atoms with Gasteiger partial charge in [-0.05, 0) is 58.1 Å². The Morgan fingerprint density at radius 2 is 1.92 bits per heavy atom. The van der Waals surface area contributed by atoms with Gasteiger partial charge in [-0.15, -0.1) is 0 Å². The quantitative estimate of drug-likeness (QED) is 0.586. The van der Waals surface area contributed by atoms with Gasteiger partial charge in [0, 0.05) is 6.61 Å². The molecule has 0 bridgehead atoms. The molecule has 2 rings (SSSR count). The van der Waals surface area contributed by atoms with Crippen LogP contribution in [0.5, 0.6) is 0 Å². The van der Waals surface area contributed by atoms with Gasteiger partial charge in [0.1, 0.15) is 0 Å².